The minimum Gasteiger partial charge on any atom is -0.458 e. The smallest absolute Gasteiger partial charge is 0.354 e. The molecule has 1 aliphatic carbocycles. The molecular weight excluding hydrogens is 368 g/mol. The lowest BCUT2D eigenvalue weighted by atomic mass is 9.75. The van der Waals surface area contributed by atoms with E-state index in [1.54, 1.807) is 0 Å². The van der Waals surface area contributed by atoms with Gasteiger partial charge in [0.25, 0.3) is 0 Å². The van der Waals surface area contributed by atoms with Crippen LogP contribution in [0.5, 0.6) is 0 Å². The Kier molecular flexibility index (Phi) is 5.93. The molecule has 7 nitrogen and oxygen atoms in total. The van der Waals surface area contributed by atoms with Crippen molar-refractivity contribution in [3.63, 3.8) is 0 Å². The first-order valence-electron chi connectivity index (χ1n) is 9.97. The van der Waals surface area contributed by atoms with Crippen LogP contribution >= 0.6 is 0 Å². The van der Waals surface area contributed by atoms with Crippen molar-refractivity contribution < 1.29 is 22.7 Å². The summed E-state index contributed by atoms with van der Waals surface area (Å²) < 4.78 is 29.3. The minimum atomic E-state index is -3.13. The van der Waals surface area contributed by atoms with Crippen molar-refractivity contribution in [2.24, 2.45) is 22.9 Å². The molecule has 4 atom stereocenters. The highest BCUT2D eigenvalue weighted by atomic mass is 32.2. The van der Waals surface area contributed by atoms with Crippen molar-refractivity contribution in [1.82, 2.24) is 5.01 Å². The Morgan fingerprint density at radius 1 is 1.22 bits per heavy atom. The third-order valence-electron chi connectivity index (χ3n) is 6.07. The molecule has 152 valence electrons. The van der Waals surface area contributed by atoms with Gasteiger partial charge in [-0.05, 0) is 37.0 Å². The molecular formula is C19H30N2O5S. The Labute approximate surface area is 161 Å². The summed E-state index contributed by atoms with van der Waals surface area (Å²) >= 11 is 0. The Morgan fingerprint density at radius 3 is 2.59 bits per heavy atom. The summed E-state index contributed by atoms with van der Waals surface area (Å²) in [4.78, 5) is 24.9. The molecule has 2 fully saturated rings. The van der Waals surface area contributed by atoms with Gasteiger partial charge in [-0.15, -0.1) is 0 Å². The first-order chi connectivity index (χ1) is 12.7. The Bertz CT molecular complexity index is 730. The standard InChI is InChI=1S/C19H30N2O5S/c1-12(2)15-5-4-13(3)10-17(15)26-19(23)16-6-7-18(22)21(20-16)14-8-9-27(24,25)11-14/h12-15,17H,4-11H2,1-3H3/t13-,14-,15-,17-/m1/s1. The number of ether oxygens (including phenoxy) is 1. The second-order valence-corrected chi connectivity index (χ2v) is 10.8. The molecule has 2 aliphatic heterocycles. The van der Waals surface area contributed by atoms with E-state index in [1.165, 1.54) is 5.01 Å². The fourth-order valence-electron chi connectivity index (χ4n) is 4.43. The van der Waals surface area contributed by atoms with Crippen molar-refractivity contribution >= 4 is 27.4 Å². The molecule has 0 aromatic heterocycles. The predicted octanol–water partition coefficient (Wildman–Crippen LogP) is 2.16. The molecule has 3 aliphatic rings. The number of carbonyl (C=O) groups excluding carboxylic acids is 2. The van der Waals surface area contributed by atoms with Gasteiger partial charge < -0.3 is 4.74 Å². The van der Waals surface area contributed by atoms with Crippen LogP contribution in [-0.2, 0) is 24.2 Å². The van der Waals surface area contributed by atoms with Gasteiger partial charge in [0.15, 0.2) is 9.84 Å². The monoisotopic (exact) mass is 398 g/mol. The number of esters is 1. The molecule has 1 saturated carbocycles. The van der Waals surface area contributed by atoms with Gasteiger partial charge in [-0.3, -0.25) is 4.79 Å². The van der Waals surface area contributed by atoms with Crippen LogP contribution in [0.25, 0.3) is 0 Å². The van der Waals surface area contributed by atoms with E-state index in [4.69, 9.17) is 4.74 Å². The van der Waals surface area contributed by atoms with Crippen molar-refractivity contribution in [3.05, 3.63) is 0 Å². The summed E-state index contributed by atoms with van der Waals surface area (Å²) in [5.74, 6) is 0.593. The van der Waals surface area contributed by atoms with Crippen molar-refractivity contribution in [2.45, 2.75) is 71.4 Å². The van der Waals surface area contributed by atoms with Crippen LogP contribution in [0.1, 0.15) is 59.3 Å². The van der Waals surface area contributed by atoms with E-state index < -0.39 is 21.8 Å². The van der Waals surface area contributed by atoms with E-state index in [-0.39, 0.29) is 42.1 Å². The quantitative estimate of drug-likeness (QED) is 0.677. The second-order valence-electron chi connectivity index (χ2n) is 8.61. The molecule has 0 aromatic rings. The van der Waals surface area contributed by atoms with Crippen LogP contribution in [0.3, 0.4) is 0 Å². The lowest BCUT2D eigenvalue weighted by Crippen LogP contribution is -2.43. The highest BCUT2D eigenvalue weighted by molar-refractivity contribution is 7.91. The maximum Gasteiger partial charge on any atom is 0.354 e. The molecule has 0 aromatic carbocycles. The number of rotatable bonds is 4. The molecule has 0 radical (unpaired) electrons. The highest BCUT2D eigenvalue weighted by Gasteiger charge is 2.39. The van der Waals surface area contributed by atoms with Gasteiger partial charge in [0, 0.05) is 12.8 Å². The Balaban J connectivity index is 1.71. The summed E-state index contributed by atoms with van der Waals surface area (Å²) in [6, 6.07) is -0.469. The highest BCUT2D eigenvalue weighted by Crippen LogP contribution is 2.35. The molecule has 8 heteroatoms. The lowest BCUT2D eigenvalue weighted by molar-refractivity contribution is -0.148. The maximum absolute atomic E-state index is 12.7. The molecule has 0 unspecified atom stereocenters. The van der Waals surface area contributed by atoms with Crippen LogP contribution in [0.15, 0.2) is 5.10 Å². The number of hydrazone groups is 1. The van der Waals surface area contributed by atoms with Gasteiger partial charge in [-0.25, -0.2) is 18.2 Å². The number of hydrogen-bond donors (Lipinski definition) is 0. The average Bonchev–Trinajstić information content (AvgIpc) is 2.94. The molecule has 1 amide bonds. The second kappa shape index (κ2) is 7.89. The van der Waals surface area contributed by atoms with E-state index >= 15 is 0 Å². The zero-order valence-electron chi connectivity index (χ0n) is 16.4. The third kappa shape index (κ3) is 4.70. The fraction of sp³-hybridized carbons (Fsp3) is 0.842. The van der Waals surface area contributed by atoms with E-state index in [9.17, 15) is 18.0 Å². The summed E-state index contributed by atoms with van der Waals surface area (Å²) in [6.45, 7) is 6.48. The van der Waals surface area contributed by atoms with Gasteiger partial charge in [0.2, 0.25) is 5.91 Å². The Hall–Kier alpha value is -1.44. The van der Waals surface area contributed by atoms with Gasteiger partial charge in [-0.2, -0.15) is 5.10 Å². The van der Waals surface area contributed by atoms with Crippen molar-refractivity contribution in [1.29, 1.82) is 0 Å². The summed E-state index contributed by atoms with van der Waals surface area (Å²) in [7, 11) is -3.13. The van der Waals surface area contributed by atoms with Gasteiger partial charge in [0.05, 0.1) is 17.5 Å². The van der Waals surface area contributed by atoms with Crippen LogP contribution in [0, 0.1) is 17.8 Å². The normalized spacial score (nSPS) is 33.9. The van der Waals surface area contributed by atoms with E-state index in [0.29, 0.717) is 24.2 Å². The fourth-order valence-corrected chi connectivity index (χ4v) is 6.12. The van der Waals surface area contributed by atoms with Gasteiger partial charge in [-0.1, -0.05) is 27.2 Å². The third-order valence-corrected chi connectivity index (χ3v) is 7.82. The number of amides is 1. The molecule has 2 heterocycles. The SMILES string of the molecule is CC(C)[C@H]1CC[C@@H](C)C[C@H]1OC(=O)C1=NN([C@@H]2CCS(=O)(=O)C2)C(=O)CC1. The first-order valence-corrected chi connectivity index (χ1v) is 11.8. The Morgan fingerprint density at radius 2 is 1.96 bits per heavy atom. The van der Waals surface area contributed by atoms with Crippen LogP contribution in [0.2, 0.25) is 0 Å². The molecule has 0 N–H and O–H groups in total. The van der Waals surface area contributed by atoms with E-state index in [1.807, 2.05) is 0 Å². The number of hydrogen-bond acceptors (Lipinski definition) is 6. The summed E-state index contributed by atoms with van der Waals surface area (Å²) in [5.41, 5.74) is 0.236. The topological polar surface area (TPSA) is 93.1 Å². The van der Waals surface area contributed by atoms with Gasteiger partial charge >= 0.3 is 5.97 Å². The maximum atomic E-state index is 12.7. The molecule has 0 bridgehead atoms. The van der Waals surface area contributed by atoms with Crippen LogP contribution in [0.4, 0.5) is 0 Å². The van der Waals surface area contributed by atoms with E-state index in [2.05, 4.69) is 25.9 Å². The zero-order chi connectivity index (χ0) is 19.8. The summed E-state index contributed by atoms with van der Waals surface area (Å²) in [5, 5.41) is 5.44. The van der Waals surface area contributed by atoms with Crippen molar-refractivity contribution in [3.8, 4) is 0 Å². The predicted molar refractivity (Wildman–Crippen MR) is 102 cm³/mol. The minimum absolute atomic E-state index is 0.0623. The van der Waals surface area contributed by atoms with Crippen molar-refractivity contribution in [2.75, 3.05) is 11.5 Å². The largest absolute Gasteiger partial charge is 0.458 e. The lowest BCUT2D eigenvalue weighted by Gasteiger charge is -2.37. The first kappa shape index (κ1) is 20.3. The van der Waals surface area contributed by atoms with Gasteiger partial charge in [0.1, 0.15) is 11.8 Å². The van der Waals surface area contributed by atoms with E-state index in [0.717, 1.165) is 19.3 Å². The molecule has 3 rings (SSSR count). The number of nitrogens with zero attached hydrogens (tertiary/aromatic N) is 2. The summed E-state index contributed by atoms with van der Waals surface area (Å²) in [6.07, 6.45) is 3.72. The number of carbonyl (C=O) groups is 2. The zero-order valence-corrected chi connectivity index (χ0v) is 17.2. The van der Waals surface area contributed by atoms with Crippen LogP contribution in [-0.4, -0.2) is 54.7 Å². The average molecular weight is 399 g/mol. The van der Waals surface area contributed by atoms with Crippen LogP contribution < -0.4 is 0 Å². The molecule has 1 saturated heterocycles. The number of sulfone groups is 1. The molecule has 0 spiro atoms. The molecule has 27 heavy (non-hydrogen) atoms.